The van der Waals surface area contributed by atoms with Crippen LogP contribution in [-0.2, 0) is 6.42 Å². The zero-order valence-electron chi connectivity index (χ0n) is 12.6. The van der Waals surface area contributed by atoms with Crippen molar-refractivity contribution >= 4 is 17.4 Å². The van der Waals surface area contributed by atoms with Crippen LogP contribution in [0.25, 0.3) is 0 Å². The Morgan fingerprint density at radius 1 is 1.40 bits per heavy atom. The molecule has 1 aromatic rings. The van der Waals surface area contributed by atoms with Crippen LogP contribution in [0.2, 0.25) is 0 Å². The van der Waals surface area contributed by atoms with E-state index in [2.05, 4.69) is 34.8 Å². The van der Waals surface area contributed by atoms with Crippen molar-refractivity contribution in [1.29, 1.82) is 0 Å². The molecule has 0 spiro atoms. The molecule has 2 N–H and O–H groups in total. The number of hydrogen-bond donors (Lipinski definition) is 2. The highest BCUT2D eigenvalue weighted by atomic mass is 32.1. The molecule has 4 nitrogen and oxygen atoms in total. The van der Waals surface area contributed by atoms with Gasteiger partial charge >= 0.3 is 6.03 Å². The molecular formula is C15H25N3OS. The second-order valence-corrected chi connectivity index (χ2v) is 6.98. The van der Waals surface area contributed by atoms with E-state index in [9.17, 15) is 4.79 Å². The van der Waals surface area contributed by atoms with Crippen LogP contribution in [0.5, 0.6) is 0 Å². The number of urea groups is 1. The fourth-order valence-corrected chi connectivity index (χ4v) is 3.64. The van der Waals surface area contributed by atoms with Gasteiger partial charge in [-0.2, -0.15) is 0 Å². The summed E-state index contributed by atoms with van der Waals surface area (Å²) < 4.78 is 0. The van der Waals surface area contributed by atoms with Crippen molar-refractivity contribution in [1.82, 2.24) is 15.6 Å². The second kappa shape index (κ2) is 7.07. The van der Waals surface area contributed by atoms with Gasteiger partial charge in [0.1, 0.15) is 0 Å². The van der Waals surface area contributed by atoms with E-state index >= 15 is 0 Å². The van der Waals surface area contributed by atoms with Crippen LogP contribution in [0.1, 0.15) is 43.8 Å². The van der Waals surface area contributed by atoms with Crippen molar-refractivity contribution < 1.29 is 4.79 Å². The lowest BCUT2D eigenvalue weighted by molar-refractivity contribution is 0.194. The van der Waals surface area contributed by atoms with Crippen molar-refractivity contribution in [3.63, 3.8) is 0 Å². The van der Waals surface area contributed by atoms with E-state index in [0.717, 1.165) is 17.1 Å². The predicted octanol–water partition coefficient (Wildman–Crippen LogP) is 3.12. The highest BCUT2D eigenvalue weighted by Gasteiger charge is 2.28. The second-order valence-electron chi connectivity index (χ2n) is 5.92. The minimum atomic E-state index is -0.0393. The number of carbonyl (C=O) groups excluding carboxylic acids is 1. The number of amides is 2. The lowest BCUT2D eigenvalue weighted by Crippen LogP contribution is -2.49. The quantitative estimate of drug-likeness (QED) is 0.896. The first-order chi connectivity index (χ1) is 9.56. The minimum Gasteiger partial charge on any atom is -0.338 e. The molecule has 2 atom stereocenters. The van der Waals surface area contributed by atoms with E-state index in [1.807, 2.05) is 6.92 Å². The first-order valence-corrected chi connectivity index (χ1v) is 8.39. The Hall–Kier alpha value is -1.10. The maximum Gasteiger partial charge on any atom is 0.315 e. The van der Waals surface area contributed by atoms with Crippen LogP contribution >= 0.6 is 11.3 Å². The van der Waals surface area contributed by atoms with Gasteiger partial charge in [0, 0.05) is 24.4 Å². The maximum absolute atomic E-state index is 12.0. The van der Waals surface area contributed by atoms with Gasteiger partial charge < -0.3 is 10.6 Å². The first-order valence-electron chi connectivity index (χ1n) is 7.51. The molecule has 1 aliphatic carbocycles. The molecular weight excluding hydrogens is 270 g/mol. The molecule has 1 fully saturated rings. The van der Waals surface area contributed by atoms with Crippen LogP contribution in [0.15, 0.2) is 5.38 Å². The molecule has 0 saturated heterocycles. The van der Waals surface area contributed by atoms with Crippen LogP contribution in [-0.4, -0.2) is 23.6 Å². The summed E-state index contributed by atoms with van der Waals surface area (Å²) in [6.45, 7) is 7.11. The van der Waals surface area contributed by atoms with Crippen LogP contribution in [0, 0.1) is 18.8 Å². The topological polar surface area (TPSA) is 54.0 Å². The molecule has 1 aromatic heterocycles. The van der Waals surface area contributed by atoms with Gasteiger partial charge in [-0.05, 0) is 31.6 Å². The third-order valence-electron chi connectivity index (χ3n) is 4.18. The number of nitrogens with zero attached hydrogens (tertiary/aromatic N) is 1. The summed E-state index contributed by atoms with van der Waals surface area (Å²) in [5, 5.41) is 9.22. The summed E-state index contributed by atoms with van der Waals surface area (Å²) in [4.78, 5) is 16.4. The zero-order valence-corrected chi connectivity index (χ0v) is 13.4. The molecule has 112 valence electrons. The molecule has 1 heterocycles. The van der Waals surface area contributed by atoms with E-state index in [0.29, 0.717) is 24.4 Å². The predicted molar refractivity (Wildman–Crippen MR) is 83.1 cm³/mol. The molecule has 0 radical (unpaired) electrons. The normalized spacial score (nSPS) is 23.6. The average molecular weight is 295 g/mol. The zero-order chi connectivity index (χ0) is 14.5. The molecule has 1 saturated carbocycles. The van der Waals surface area contributed by atoms with Gasteiger partial charge in [0.25, 0.3) is 0 Å². The van der Waals surface area contributed by atoms with E-state index in [1.165, 1.54) is 19.3 Å². The maximum atomic E-state index is 12.0. The summed E-state index contributed by atoms with van der Waals surface area (Å²) in [6.07, 6.45) is 4.51. The summed E-state index contributed by atoms with van der Waals surface area (Å²) >= 11 is 1.65. The van der Waals surface area contributed by atoms with Crippen molar-refractivity contribution in [3.8, 4) is 0 Å². The molecule has 1 aliphatic rings. The fraction of sp³-hybridized carbons (Fsp3) is 0.733. The number of rotatable bonds is 4. The summed E-state index contributed by atoms with van der Waals surface area (Å²) in [7, 11) is 0. The van der Waals surface area contributed by atoms with Crippen molar-refractivity contribution in [2.45, 2.75) is 52.5 Å². The van der Waals surface area contributed by atoms with E-state index in [4.69, 9.17) is 0 Å². The van der Waals surface area contributed by atoms with E-state index in [1.54, 1.807) is 11.3 Å². The molecule has 0 bridgehead atoms. The average Bonchev–Trinajstić information content (AvgIpc) is 2.80. The number of nitrogens with one attached hydrogen (secondary N) is 2. The van der Waals surface area contributed by atoms with Gasteiger partial charge in [0.05, 0.1) is 10.7 Å². The van der Waals surface area contributed by atoms with Crippen LogP contribution in [0.3, 0.4) is 0 Å². The van der Waals surface area contributed by atoms with Gasteiger partial charge in [0.15, 0.2) is 0 Å². The molecule has 2 rings (SSSR count). The standard InChI is InChI=1S/C15H25N3OS/c1-10-5-4-6-11(2)14(10)18-15(19)16-8-7-13-9-20-12(3)17-13/h9-11,14H,4-8H2,1-3H3,(H2,16,18,19)/t10-,11-/m0/s1. The van der Waals surface area contributed by atoms with Gasteiger partial charge in [0.2, 0.25) is 0 Å². The first kappa shape index (κ1) is 15.3. The fourth-order valence-electron chi connectivity index (χ4n) is 3.00. The Morgan fingerprint density at radius 3 is 2.70 bits per heavy atom. The number of aromatic nitrogens is 1. The third-order valence-corrected chi connectivity index (χ3v) is 5.00. The molecule has 2 amide bonds. The Balaban J connectivity index is 1.72. The largest absolute Gasteiger partial charge is 0.338 e. The number of hydrogen-bond acceptors (Lipinski definition) is 3. The monoisotopic (exact) mass is 295 g/mol. The number of carbonyl (C=O) groups is 1. The Morgan fingerprint density at radius 2 is 2.10 bits per heavy atom. The van der Waals surface area contributed by atoms with Gasteiger partial charge in [-0.25, -0.2) is 9.78 Å². The van der Waals surface area contributed by atoms with Gasteiger partial charge in [-0.1, -0.05) is 20.3 Å². The number of thiazole rings is 1. The summed E-state index contributed by atoms with van der Waals surface area (Å²) in [5.74, 6) is 1.15. The highest BCUT2D eigenvalue weighted by molar-refractivity contribution is 7.09. The molecule has 0 aliphatic heterocycles. The smallest absolute Gasteiger partial charge is 0.315 e. The SMILES string of the molecule is Cc1nc(CCNC(=O)NC2[C@@H](C)CCC[C@@H]2C)cs1. The Kier molecular flexibility index (Phi) is 5.40. The molecule has 0 unspecified atom stereocenters. The summed E-state index contributed by atoms with van der Waals surface area (Å²) in [5.41, 5.74) is 1.06. The summed E-state index contributed by atoms with van der Waals surface area (Å²) in [6, 6.07) is 0.271. The van der Waals surface area contributed by atoms with Crippen LogP contribution in [0.4, 0.5) is 4.79 Å². The minimum absolute atomic E-state index is 0.0393. The third kappa shape index (κ3) is 4.20. The van der Waals surface area contributed by atoms with Crippen molar-refractivity contribution in [2.75, 3.05) is 6.54 Å². The molecule has 20 heavy (non-hydrogen) atoms. The van der Waals surface area contributed by atoms with E-state index in [-0.39, 0.29) is 6.03 Å². The lowest BCUT2D eigenvalue weighted by atomic mass is 9.79. The lowest BCUT2D eigenvalue weighted by Gasteiger charge is -2.35. The Bertz CT molecular complexity index is 436. The van der Waals surface area contributed by atoms with Gasteiger partial charge in [-0.3, -0.25) is 0 Å². The number of aryl methyl sites for hydroxylation is 1. The van der Waals surface area contributed by atoms with Crippen molar-refractivity contribution in [3.05, 3.63) is 16.1 Å². The highest BCUT2D eigenvalue weighted by Crippen LogP contribution is 2.28. The van der Waals surface area contributed by atoms with Gasteiger partial charge in [-0.15, -0.1) is 11.3 Å². The molecule has 5 heteroatoms. The van der Waals surface area contributed by atoms with Crippen LogP contribution < -0.4 is 10.6 Å². The van der Waals surface area contributed by atoms with Crippen molar-refractivity contribution in [2.24, 2.45) is 11.8 Å². The van der Waals surface area contributed by atoms with E-state index < -0.39 is 0 Å². The Labute approximate surface area is 125 Å². The molecule has 0 aromatic carbocycles.